The summed E-state index contributed by atoms with van der Waals surface area (Å²) >= 11 is 5.83. The summed E-state index contributed by atoms with van der Waals surface area (Å²) in [6, 6.07) is 7.50. The monoisotopic (exact) mass is 263 g/mol. The Bertz CT molecular complexity index is 533. The molecule has 94 valence electrons. The molecular weight excluding hydrogens is 250 g/mol. The molecule has 0 spiro atoms. The lowest BCUT2D eigenvalue weighted by Crippen LogP contribution is -2.25. The third-order valence-corrected chi connectivity index (χ3v) is 3.46. The highest BCUT2D eigenvalue weighted by Crippen LogP contribution is 2.32. The molecule has 1 unspecified atom stereocenters. The molecule has 4 nitrogen and oxygen atoms in total. The summed E-state index contributed by atoms with van der Waals surface area (Å²) in [5, 5.41) is 4.66. The van der Waals surface area contributed by atoms with Gasteiger partial charge in [-0.2, -0.15) is 4.98 Å². The lowest BCUT2D eigenvalue weighted by molar-refractivity contribution is 0.364. The fraction of sp³-hybridized carbons (Fsp3) is 0.385. The Balaban J connectivity index is 1.74. The van der Waals surface area contributed by atoms with Crippen LogP contribution < -0.4 is 5.73 Å². The maximum absolute atomic E-state index is 6.03. The number of rotatable bonds is 4. The van der Waals surface area contributed by atoms with E-state index < -0.39 is 0 Å². The number of benzene rings is 1. The summed E-state index contributed by atoms with van der Waals surface area (Å²) in [5.41, 5.74) is 6.93. The van der Waals surface area contributed by atoms with Crippen molar-refractivity contribution in [3.8, 4) is 11.4 Å². The van der Waals surface area contributed by atoms with Gasteiger partial charge in [-0.15, -0.1) is 0 Å². The predicted molar refractivity (Wildman–Crippen MR) is 69.1 cm³/mol. The van der Waals surface area contributed by atoms with Gasteiger partial charge in [0, 0.05) is 23.0 Å². The molecule has 0 saturated heterocycles. The van der Waals surface area contributed by atoms with Crippen LogP contribution in [0.4, 0.5) is 0 Å². The van der Waals surface area contributed by atoms with E-state index in [9.17, 15) is 0 Å². The zero-order chi connectivity index (χ0) is 12.5. The molecule has 0 bridgehead atoms. The molecule has 0 aliphatic heterocycles. The maximum atomic E-state index is 6.03. The molecule has 0 amide bonds. The van der Waals surface area contributed by atoms with Crippen LogP contribution in [0.25, 0.3) is 11.4 Å². The molecule has 1 aromatic heterocycles. The van der Waals surface area contributed by atoms with Gasteiger partial charge in [-0.25, -0.2) is 0 Å². The van der Waals surface area contributed by atoms with E-state index in [1.54, 1.807) is 0 Å². The number of nitrogens with zero attached hydrogens (tertiary/aromatic N) is 2. The second kappa shape index (κ2) is 4.71. The zero-order valence-corrected chi connectivity index (χ0v) is 10.6. The molecular formula is C13H14ClN3O. The van der Waals surface area contributed by atoms with E-state index in [-0.39, 0.29) is 6.04 Å². The first kappa shape index (κ1) is 11.7. The van der Waals surface area contributed by atoms with Gasteiger partial charge in [0.15, 0.2) is 0 Å². The van der Waals surface area contributed by atoms with E-state index in [2.05, 4.69) is 10.1 Å². The van der Waals surface area contributed by atoms with Gasteiger partial charge in [-0.1, -0.05) is 16.8 Å². The van der Waals surface area contributed by atoms with Gasteiger partial charge in [0.2, 0.25) is 11.7 Å². The fourth-order valence-corrected chi connectivity index (χ4v) is 2.07. The Morgan fingerprint density at radius 1 is 1.33 bits per heavy atom. The summed E-state index contributed by atoms with van der Waals surface area (Å²) in [7, 11) is 0. The third kappa shape index (κ3) is 2.54. The molecule has 1 aliphatic carbocycles. The Morgan fingerprint density at radius 3 is 2.72 bits per heavy atom. The van der Waals surface area contributed by atoms with Crippen LogP contribution in [0.15, 0.2) is 28.8 Å². The summed E-state index contributed by atoms with van der Waals surface area (Å²) in [4.78, 5) is 4.36. The highest BCUT2D eigenvalue weighted by atomic mass is 35.5. The van der Waals surface area contributed by atoms with Crippen molar-refractivity contribution >= 4 is 11.6 Å². The van der Waals surface area contributed by atoms with E-state index in [1.807, 2.05) is 24.3 Å². The van der Waals surface area contributed by atoms with Crippen molar-refractivity contribution in [2.45, 2.75) is 25.3 Å². The molecule has 1 fully saturated rings. The Labute approximate surface area is 110 Å². The normalized spacial score (nSPS) is 16.8. The first-order valence-corrected chi connectivity index (χ1v) is 6.44. The third-order valence-electron chi connectivity index (χ3n) is 3.21. The summed E-state index contributed by atoms with van der Waals surface area (Å²) < 4.78 is 5.22. The molecule has 1 saturated carbocycles. The lowest BCUT2D eigenvalue weighted by atomic mass is 10.1. The van der Waals surface area contributed by atoms with Crippen LogP contribution in [-0.2, 0) is 6.42 Å². The van der Waals surface area contributed by atoms with Crippen LogP contribution in [0, 0.1) is 5.92 Å². The van der Waals surface area contributed by atoms with Crippen molar-refractivity contribution in [1.29, 1.82) is 0 Å². The smallest absolute Gasteiger partial charge is 0.228 e. The summed E-state index contributed by atoms with van der Waals surface area (Å²) in [6.07, 6.45) is 3.10. The van der Waals surface area contributed by atoms with E-state index in [4.69, 9.17) is 21.9 Å². The van der Waals surface area contributed by atoms with Gasteiger partial charge in [0.25, 0.3) is 0 Å². The van der Waals surface area contributed by atoms with Gasteiger partial charge in [0.1, 0.15) is 0 Å². The minimum absolute atomic E-state index is 0.142. The molecule has 1 aliphatic rings. The number of nitrogens with two attached hydrogens (primary N) is 1. The quantitative estimate of drug-likeness (QED) is 0.921. The summed E-state index contributed by atoms with van der Waals surface area (Å²) in [5.74, 6) is 1.83. The van der Waals surface area contributed by atoms with Crippen molar-refractivity contribution in [3.05, 3.63) is 35.2 Å². The Kier molecular flexibility index (Phi) is 3.06. The molecule has 2 aromatic rings. The largest absolute Gasteiger partial charge is 0.339 e. The molecule has 2 N–H and O–H groups in total. The SMILES string of the molecule is NC(Cc1nc(-c2ccc(Cl)cc2)no1)C1CC1. The van der Waals surface area contributed by atoms with Crippen LogP contribution in [-0.4, -0.2) is 16.2 Å². The Hall–Kier alpha value is -1.39. The topological polar surface area (TPSA) is 64.9 Å². The zero-order valence-electron chi connectivity index (χ0n) is 9.84. The molecule has 3 rings (SSSR count). The second-order valence-corrected chi connectivity index (χ2v) is 5.16. The minimum atomic E-state index is 0.142. The van der Waals surface area contributed by atoms with Gasteiger partial charge in [0.05, 0.1) is 0 Å². The van der Waals surface area contributed by atoms with Crippen molar-refractivity contribution in [2.24, 2.45) is 11.7 Å². The first-order valence-electron chi connectivity index (χ1n) is 6.06. The maximum Gasteiger partial charge on any atom is 0.228 e. The molecule has 1 heterocycles. The van der Waals surface area contributed by atoms with Gasteiger partial charge in [-0.3, -0.25) is 0 Å². The van der Waals surface area contributed by atoms with Crippen molar-refractivity contribution in [1.82, 2.24) is 10.1 Å². The lowest BCUT2D eigenvalue weighted by Gasteiger charge is -2.04. The number of hydrogen-bond acceptors (Lipinski definition) is 4. The molecule has 5 heteroatoms. The van der Waals surface area contributed by atoms with E-state index in [0.717, 1.165) is 5.56 Å². The number of halogens is 1. The predicted octanol–water partition coefficient (Wildman–Crippen LogP) is 2.67. The van der Waals surface area contributed by atoms with E-state index >= 15 is 0 Å². The fourth-order valence-electron chi connectivity index (χ4n) is 1.95. The van der Waals surface area contributed by atoms with Crippen molar-refractivity contribution in [2.75, 3.05) is 0 Å². The standard InChI is InChI=1S/C13H14ClN3O/c14-10-5-3-9(4-6-10)13-16-12(18-17-13)7-11(15)8-1-2-8/h3-6,8,11H,1-2,7,15H2. The van der Waals surface area contributed by atoms with E-state index in [1.165, 1.54) is 12.8 Å². The van der Waals surface area contributed by atoms with Gasteiger partial charge >= 0.3 is 0 Å². The Morgan fingerprint density at radius 2 is 2.06 bits per heavy atom. The van der Waals surface area contributed by atoms with E-state index in [0.29, 0.717) is 29.1 Å². The first-order chi connectivity index (χ1) is 8.72. The van der Waals surface area contributed by atoms with Gasteiger partial charge in [-0.05, 0) is 43.0 Å². The average Bonchev–Trinajstić information content (AvgIpc) is 3.12. The minimum Gasteiger partial charge on any atom is -0.339 e. The van der Waals surface area contributed by atoms with Gasteiger partial charge < -0.3 is 10.3 Å². The van der Waals surface area contributed by atoms with Crippen molar-refractivity contribution < 1.29 is 4.52 Å². The highest BCUT2D eigenvalue weighted by molar-refractivity contribution is 6.30. The summed E-state index contributed by atoms with van der Waals surface area (Å²) in [6.45, 7) is 0. The van der Waals surface area contributed by atoms with Crippen LogP contribution >= 0.6 is 11.6 Å². The molecule has 18 heavy (non-hydrogen) atoms. The van der Waals surface area contributed by atoms with Crippen LogP contribution in [0.2, 0.25) is 5.02 Å². The van der Waals surface area contributed by atoms with Crippen LogP contribution in [0.1, 0.15) is 18.7 Å². The van der Waals surface area contributed by atoms with Crippen LogP contribution in [0.5, 0.6) is 0 Å². The molecule has 0 radical (unpaired) electrons. The number of hydrogen-bond donors (Lipinski definition) is 1. The molecule has 1 aromatic carbocycles. The van der Waals surface area contributed by atoms with Crippen molar-refractivity contribution in [3.63, 3.8) is 0 Å². The highest BCUT2D eigenvalue weighted by Gasteiger charge is 2.29. The van der Waals surface area contributed by atoms with Crippen LogP contribution in [0.3, 0.4) is 0 Å². The average molecular weight is 264 g/mol. The number of aromatic nitrogens is 2. The second-order valence-electron chi connectivity index (χ2n) is 4.72. The molecule has 1 atom stereocenters.